The summed E-state index contributed by atoms with van der Waals surface area (Å²) in [6, 6.07) is 16.5. The van der Waals surface area contributed by atoms with E-state index in [4.69, 9.17) is 16.3 Å². The minimum absolute atomic E-state index is 0.547. The second-order valence-electron chi connectivity index (χ2n) is 5.25. The molecule has 1 unspecified atom stereocenters. The van der Waals surface area contributed by atoms with E-state index in [0.717, 1.165) is 29.3 Å². The molecule has 0 amide bonds. The lowest BCUT2D eigenvalue weighted by molar-refractivity contribution is 0.306. The molecule has 0 spiro atoms. The summed E-state index contributed by atoms with van der Waals surface area (Å²) in [5, 5.41) is 4.22. The van der Waals surface area contributed by atoms with Crippen LogP contribution < -0.4 is 10.1 Å². The SMILES string of the molecule is CCC(C)NCc1ccc(OCc2ccc(Cl)cc2)cc1. The van der Waals surface area contributed by atoms with Crippen molar-refractivity contribution in [2.75, 3.05) is 0 Å². The first-order chi connectivity index (χ1) is 10.2. The van der Waals surface area contributed by atoms with Crippen molar-refractivity contribution in [2.24, 2.45) is 0 Å². The summed E-state index contributed by atoms with van der Waals surface area (Å²) in [5.74, 6) is 0.886. The quantitative estimate of drug-likeness (QED) is 0.793. The van der Waals surface area contributed by atoms with Gasteiger partial charge in [-0.05, 0) is 48.7 Å². The van der Waals surface area contributed by atoms with Crippen LogP contribution in [0.25, 0.3) is 0 Å². The van der Waals surface area contributed by atoms with Crippen LogP contribution in [0.2, 0.25) is 5.02 Å². The van der Waals surface area contributed by atoms with Crippen molar-refractivity contribution < 1.29 is 4.74 Å². The Hall–Kier alpha value is -1.51. The normalized spacial score (nSPS) is 12.1. The van der Waals surface area contributed by atoms with Crippen LogP contribution in [0.3, 0.4) is 0 Å². The van der Waals surface area contributed by atoms with Crippen molar-refractivity contribution in [3.8, 4) is 5.75 Å². The number of nitrogens with one attached hydrogen (secondary N) is 1. The van der Waals surface area contributed by atoms with E-state index >= 15 is 0 Å². The molecule has 0 aliphatic carbocycles. The number of benzene rings is 2. The van der Waals surface area contributed by atoms with Gasteiger partial charge in [-0.3, -0.25) is 0 Å². The predicted octanol–water partition coefficient (Wildman–Crippen LogP) is 4.81. The van der Waals surface area contributed by atoms with E-state index in [1.54, 1.807) is 0 Å². The predicted molar refractivity (Wildman–Crippen MR) is 88.8 cm³/mol. The van der Waals surface area contributed by atoms with Crippen LogP contribution in [0.5, 0.6) is 5.75 Å². The molecule has 2 nitrogen and oxygen atoms in total. The maximum Gasteiger partial charge on any atom is 0.119 e. The van der Waals surface area contributed by atoms with Crippen LogP contribution >= 0.6 is 11.6 Å². The smallest absolute Gasteiger partial charge is 0.119 e. The van der Waals surface area contributed by atoms with Gasteiger partial charge in [0.2, 0.25) is 0 Å². The van der Waals surface area contributed by atoms with Crippen molar-refractivity contribution in [2.45, 2.75) is 39.5 Å². The molecule has 3 heteroatoms. The Morgan fingerprint density at radius 3 is 2.24 bits per heavy atom. The first-order valence-corrected chi connectivity index (χ1v) is 7.74. The van der Waals surface area contributed by atoms with Crippen molar-refractivity contribution >= 4 is 11.6 Å². The molecule has 0 aromatic heterocycles. The largest absolute Gasteiger partial charge is 0.489 e. The fourth-order valence-electron chi connectivity index (χ4n) is 1.89. The van der Waals surface area contributed by atoms with Gasteiger partial charge < -0.3 is 10.1 Å². The summed E-state index contributed by atoms with van der Waals surface area (Å²) in [5.41, 5.74) is 2.39. The zero-order chi connectivity index (χ0) is 15.1. The molecule has 1 atom stereocenters. The standard InChI is InChI=1S/C18H22ClNO/c1-3-14(2)20-12-15-6-10-18(11-7-15)21-13-16-4-8-17(19)9-5-16/h4-11,14,20H,3,12-13H2,1-2H3. The molecule has 0 saturated carbocycles. The topological polar surface area (TPSA) is 21.3 Å². The Morgan fingerprint density at radius 1 is 1.00 bits per heavy atom. The molecular weight excluding hydrogens is 282 g/mol. The van der Waals surface area contributed by atoms with Gasteiger partial charge in [0.1, 0.15) is 12.4 Å². The summed E-state index contributed by atoms with van der Waals surface area (Å²) in [6.45, 7) is 5.84. The van der Waals surface area contributed by atoms with E-state index in [1.807, 2.05) is 36.4 Å². The van der Waals surface area contributed by atoms with Crippen LogP contribution in [0.1, 0.15) is 31.4 Å². The van der Waals surface area contributed by atoms with E-state index in [1.165, 1.54) is 5.56 Å². The highest BCUT2D eigenvalue weighted by Crippen LogP contribution is 2.15. The lowest BCUT2D eigenvalue weighted by Gasteiger charge is -2.12. The molecule has 112 valence electrons. The molecule has 2 aromatic rings. The number of hydrogen-bond donors (Lipinski definition) is 1. The zero-order valence-electron chi connectivity index (χ0n) is 12.6. The third-order valence-corrected chi connectivity index (χ3v) is 3.76. The highest BCUT2D eigenvalue weighted by atomic mass is 35.5. The van der Waals surface area contributed by atoms with E-state index < -0.39 is 0 Å². The Morgan fingerprint density at radius 2 is 1.62 bits per heavy atom. The lowest BCUT2D eigenvalue weighted by atomic mass is 10.2. The van der Waals surface area contributed by atoms with Crippen LogP contribution in [-0.2, 0) is 13.2 Å². The van der Waals surface area contributed by atoms with Crippen molar-refractivity contribution in [1.29, 1.82) is 0 Å². The molecule has 0 aliphatic rings. The second kappa shape index (κ2) is 8.06. The van der Waals surface area contributed by atoms with Gasteiger partial charge >= 0.3 is 0 Å². The highest BCUT2D eigenvalue weighted by Gasteiger charge is 2.00. The Kier molecular flexibility index (Phi) is 6.09. The summed E-state index contributed by atoms with van der Waals surface area (Å²) in [4.78, 5) is 0. The summed E-state index contributed by atoms with van der Waals surface area (Å²) in [7, 11) is 0. The van der Waals surface area contributed by atoms with Crippen molar-refractivity contribution in [1.82, 2.24) is 5.32 Å². The van der Waals surface area contributed by atoms with E-state index in [0.29, 0.717) is 12.6 Å². The maximum atomic E-state index is 5.86. The average Bonchev–Trinajstić information content (AvgIpc) is 2.53. The maximum absolute atomic E-state index is 5.86. The lowest BCUT2D eigenvalue weighted by Crippen LogP contribution is -2.24. The summed E-state index contributed by atoms with van der Waals surface area (Å²) < 4.78 is 5.77. The van der Waals surface area contributed by atoms with Crippen molar-refractivity contribution in [3.63, 3.8) is 0 Å². The summed E-state index contributed by atoms with van der Waals surface area (Å²) >= 11 is 5.86. The third kappa shape index (κ3) is 5.41. The first-order valence-electron chi connectivity index (χ1n) is 7.37. The molecule has 0 radical (unpaired) electrons. The minimum atomic E-state index is 0.547. The van der Waals surface area contributed by atoms with Crippen molar-refractivity contribution in [3.05, 3.63) is 64.7 Å². The molecule has 0 aliphatic heterocycles. The van der Waals surface area contributed by atoms with Crippen LogP contribution in [-0.4, -0.2) is 6.04 Å². The van der Waals surface area contributed by atoms with Gasteiger partial charge in [0.05, 0.1) is 0 Å². The molecule has 21 heavy (non-hydrogen) atoms. The van der Waals surface area contributed by atoms with E-state index in [9.17, 15) is 0 Å². The summed E-state index contributed by atoms with van der Waals surface area (Å²) in [6.07, 6.45) is 1.14. The van der Waals surface area contributed by atoms with Crippen LogP contribution in [0, 0.1) is 0 Å². The molecule has 0 saturated heterocycles. The number of rotatable bonds is 7. The highest BCUT2D eigenvalue weighted by molar-refractivity contribution is 6.30. The molecule has 2 aromatic carbocycles. The van der Waals surface area contributed by atoms with E-state index in [-0.39, 0.29) is 0 Å². The average molecular weight is 304 g/mol. The van der Waals surface area contributed by atoms with E-state index in [2.05, 4.69) is 31.3 Å². The van der Waals surface area contributed by atoms with Crippen LogP contribution in [0.15, 0.2) is 48.5 Å². The van der Waals surface area contributed by atoms with Gasteiger partial charge in [0.25, 0.3) is 0 Å². The monoisotopic (exact) mass is 303 g/mol. The van der Waals surface area contributed by atoms with Gasteiger partial charge in [0, 0.05) is 17.6 Å². The fourth-order valence-corrected chi connectivity index (χ4v) is 2.01. The fraction of sp³-hybridized carbons (Fsp3) is 0.333. The Labute approximate surface area is 132 Å². The number of halogens is 1. The number of hydrogen-bond acceptors (Lipinski definition) is 2. The van der Waals surface area contributed by atoms with Gasteiger partial charge in [-0.1, -0.05) is 42.8 Å². The molecule has 0 bridgehead atoms. The Balaban J connectivity index is 1.83. The third-order valence-electron chi connectivity index (χ3n) is 3.51. The van der Waals surface area contributed by atoms with Gasteiger partial charge in [-0.25, -0.2) is 0 Å². The number of ether oxygens (including phenoxy) is 1. The van der Waals surface area contributed by atoms with Gasteiger partial charge in [-0.15, -0.1) is 0 Å². The minimum Gasteiger partial charge on any atom is -0.489 e. The molecule has 0 heterocycles. The molecule has 1 N–H and O–H groups in total. The van der Waals surface area contributed by atoms with Crippen LogP contribution in [0.4, 0.5) is 0 Å². The molecule has 0 fully saturated rings. The molecular formula is C18H22ClNO. The Bertz CT molecular complexity index is 536. The zero-order valence-corrected chi connectivity index (χ0v) is 13.4. The second-order valence-corrected chi connectivity index (χ2v) is 5.69. The first kappa shape index (κ1) is 15.9. The van der Waals surface area contributed by atoms with Gasteiger partial charge in [-0.2, -0.15) is 0 Å². The molecule has 2 rings (SSSR count). The van der Waals surface area contributed by atoms with Gasteiger partial charge in [0.15, 0.2) is 0 Å².